The molecule has 2 rings (SSSR count). The van der Waals surface area contributed by atoms with Crippen LogP contribution < -0.4 is 5.32 Å². The Bertz CT molecular complexity index is 662. The summed E-state index contributed by atoms with van der Waals surface area (Å²) in [6.07, 6.45) is 2.02. The second-order valence-electron chi connectivity index (χ2n) is 5.07. The standard InChI is InChI=1S/C15H17N3O/c1-4-18-8-7-11-9-12(5-6-13(11)18)17-14(19)15(2,3)10-16/h5-9H,4H2,1-3H3,(H,17,19). The van der Waals surface area contributed by atoms with E-state index in [9.17, 15) is 4.79 Å². The van der Waals surface area contributed by atoms with Crippen LogP contribution in [0.5, 0.6) is 0 Å². The van der Waals surface area contributed by atoms with Crippen LogP contribution in [0.1, 0.15) is 20.8 Å². The average Bonchev–Trinajstić information content (AvgIpc) is 2.80. The first-order valence-corrected chi connectivity index (χ1v) is 6.29. The Kier molecular flexibility index (Phi) is 3.30. The van der Waals surface area contributed by atoms with Crippen molar-refractivity contribution in [1.29, 1.82) is 5.26 Å². The second kappa shape index (κ2) is 4.77. The number of aromatic nitrogens is 1. The van der Waals surface area contributed by atoms with Crippen molar-refractivity contribution < 1.29 is 4.79 Å². The zero-order chi connectivity index (χ0) is 14.0. The third-order valence-electron chi connectivity index (χ3n) is 3.22. The average molecular weight is 255 g/mol. The van der Waals surface area contributed by atoms with Gasteiger partial charge in [0.1, 0.15) is 5.41 Å². The van der Waals surface area contributed by atoms with Gasteiger partial charge in [-0.25, -0.2) is 0 Å². The SMILES string of the molecule is CCn1ccc2cc(NC(=O)C(C)(C)C#N)ccc21. The van der Waals surface area contributed by atoms with Crippen molar-refractivity contribution in [3.05, 3.63) is 30.5 Å². The highest BCUT2D eigenvalue weighted by atomic mass is 16.2. The number of nitriles is 1. The predicted molar refractivity (Wildman–Crippen MR) is 75.6 cm³/mol. The number of nitrogens with zero attached hydrogens (tertiary/aromatic N) is 2. The van der Waals surface area contributed by atoms with Gasteiger partial charge in [-0.1, -0.05) is 0 Å². The summed E-state index contributed by atoms with van der Waals surface area (Å²) in [4.78, 5) is 11.9. The smallest absolute Gasteiger partial charge is 0.244 e. The van der Waals surface area contributed by atoms with E-state index in [1.165, 1.54) is 0 Å². The van der Waals surface area contributed by atoms with Crippen molar-refractivity contribution in [2.45, 2.75) is 27.3 Å². The van der Waals surface area contributed by atoms with Gasteiger partial charge in [0.25, 0.3) is 0 Å². The van der Waals surface area contributed by atoms with Crippen molar-refractivity contribution in [1.82, 2.24) is 4.57 Å². The molecule has 0 aliphatic carbocycles. The van der Waals surface area contributed by atoms with Crippen LogP contribution in [0.25, 0.3) is 10.9 Å². The third-order valence-corrected chi connectivity index (χ3v) is 3.22. The van der Waals surface area contributed by atoms with Crippen LogP contribution in [0.4, 0.5) is 5.69 Å². The van der Waals surface area contributed by atoms with Crippen molar-refractivity contribution >= 4 is 22.5 Å². The maximum Gasteiger partial charge on any atom is 0.244 e. The summed E-state index contributed by atoms with van der Waals surface area (Å²) in [5, 5.41) is 12.8. The Morgan fingerprint density at radius 3 is 2.79 bits per heavy atom. The van der Waals surface area contributed by atoms with Crippen LogP contribution in [-0.2, 0) is 11.3 Å². The molecule has 1 heterocycles. The highest BCUT2D eigenvalue weighted by molar-refractivity contribution is 5.98. The largest absolute Gasteiger partial charge is 0.348 e. The van der Waals surface area contributed by atoms with Crippen LogP contribution in [0.3, 0.4) is 0 Å². The van der Waals surface area contributed by atoms with Gasteiger partial charge in [0.05, 0.1) is 6.07 Å². The van der Waals surface area contributed by atoms with E-state index in [2.05, 4.69) is 16.8 Å². The maximum atomic E-state index is 11.9. The number of carbonyl (C=O) groups excluding carboxylic acids is 1. The molecule has 0 aliphatic rings. The monoisotopic (exact) mass is 255 g/mol. The van der Waals surface area contributed by atoms with Gasteiger partial charge < -0.3 is 9.88 Å². The van der Waals surface area contributed by atoms with Gasteiger partial charge in [0.2, 0.25) is 5.91 Å². The second-order valence-corrected chi connectivity index (χ2v) is 5.07. The molecule has 19 heavy (non-hydrogen) atoms. The van der Waals surface area contributed by atoms with Gasteiger partial charge in [-0.15, -0.1) is 0 Å². The molecule has 1 aromatic heterocycles. The van der Waals surface area contributed by atoms with E-state index >= 15 is 0 Å². The zero-order valence-corrected chi connectivity index (χ0v) is 11.4. The van der Waals surface area contributed by atoms with Crippen molar-refractivity contribution in [3.63, 3.8) is 0 Å². The Morgan fingerprint density at radius 1 is 1.42 bits per heavy atom. The molecule has 0 radical (unpaired) electrons. The Balaban J connectivity index is 2.28. The van der Waals surface area contributed by atoms with Crippen LogP contribution in [-0.4, -0.2) is 10.5 Å². The molecule has 2 aromatic rings. The predicted octanol–water partition coefficient (Wildman–Crippen LogP) is 3.15. The minimum Gasteiger partial charge on any atom is -0.348 e. The molecule has 98 valence electrons. The van der Waals surface area contributed by atoms with E-state index < -0.39 is 5.41 Å². The minimum absolute atomic E-state index is 0.288. The lowest BCUT2D eigenvalue weighted by Gasteiger charge is -2.15. The molecule has 0 saturated carbocycles. The van der Waals surface area contributed by atoms with E-state index in [0.717, 1.165) is 23.1 Å². The summed E-state index contributed by atoms with van der Waals surface area (Å²) in [5.74, 6) is -0.288. The Morgan fingerprint density at radius 2 is 2.16 bits per heavy atom. The molecule has 0 bridgehead atoms. The number of rotatable bonds is 3. The lowest BCUT2D eigenvalue weighted by Crippen LogP contribution is -2.29. The molecule has 0 saturated heterocycles. The quantitative estimate of drug-likeness (QED) is 0.915. The fourth-order valence-electron chi connectivity index (χ4n) is 1.89. The van der Waals surface area contributed by atoms with Crippen LogP contribution in [0.15, 0.2) is 30.5 Å². The number of fused-ring (bicyclic) bond motifs is 1. The summed E-state index contributed by atoms with van der Waals surface area (Å²) in [7, 11) is 0. The van der Waals surface area contributed by atoms with Gasteiger partial charge in [0, 0.05) is 29.3 Å². The molecular weight excluding hydrogens is 238 g/mol. The number of hydrogen-bond donors (Lipinski definition) is 1. The number of amides is 1. The summed E-state index contributed by atoms with van der Waals surface area (Å²) >= 11 is 0. The van der Waals surface area contributed by atoms with Crippen LogP contribution >= 0.6 is 0 Å². The minimum atomic E-state index is -1.02. The number of benzene rings is 1. The molecule has 0 fully saturated rings. The highest BCUT2D eigenvalue weighted by Crippen LogP contribution is 2.22. The molecular formula is C15H17N3O. The highest BCUT2D eigenvalue weighted by Gasteiger charge is 2.27. The van der Waals surface area contributed by atoms with Crippen molar-refractivity contribution in [3.8, 4) is 6.07 Å². The molecule has 1 aromatic carbocycles. The van der Waals surface area contributed by atoms with Crippen LogP contribution in [0, 0.1) is 16.7 Å². The molecule has 0 spiro atoms. The Labute approximate surface area is 112 Å². The summed E-state index contributed by atoms with van der Waals surface area (Å²) < 4.78 is 2.14. The molecule has 0 unspecified atom stereocenters. The lowest BCUT2D eigenvalue weighted by atomic mass is 9.94. The van der Waals surface area contributed by atoms with E-state index in [-0.39, 0.29) is 5.91 Å². The van der Waals surface area contributed by atoms with E-state index in [0.29, 0.717) is 0 Å². The number of aryl methyl sites for hydroxylation is 1. The number of hydrogen-bond acceptors (Lipinski definition) is 2. The van der Waals surface area contributed by atoms with E-state index in [4.69, 9.17) is 5.26 Å². The molecule has 0 atom stereocenters. The maximum absolute atomic E-state index is 11.9. The first kappa shape index (κ1) is 13.2. The van der Waals surface area contributed by atoms with Gasteiger partial charge in [-0.05, 0) is 45.0 Å². The third kappa shape index (κ3) is 2.45. The van der Waals surface area contributed by atoms with Gasteiger partial charge in [-0.3, -0.25) is 4.79 Å². The van der Waals surface area contributed by atoms with E-state index in [1.54, 1.807) is 13.8 Å². The van der Waals surface area contributed by atoms with E-state index in [1.807, 2.05) is 36.5 Å². The first-order valence-electron chi connectivity index (χ1n) is 6.29. The number of anilines is 1. The summed E-state index contributed by atoms with van der Waals surface area (Å²) in [6, 6.07) is 9.78. The number of nitrogens with one attached hydrogen (secondary N) is 1. The topological polar surface area (TPSA) is 57.8 Å². The van der Waals surface area contributed by atoms with Crippen molar-refractivity contribution in [2.24, 2.45) is 5.41 Å². The molecule has 1 N–H and O–H groups in total. The van der Waals surface area contributed by atoms with Gasteiger partial charge in [0.15, 0.2) is 0 Å². The fraction of sp³-hybridized carbons (Fsp3) is 0.333. The van der Waals surface area contributed by atoms with Gasteiger partial charge in [-0.2, -0.15) is 5.26 Å². The zero-order valence-electron chi connectivity index (χ0n) is 11.4. The van der Waals surface area contributed by atoms with Crippen LogP contribution in [0.2, 0.25) is 0 Å². The van der Waals surface area contributed by atoms with Gasteiger partial charge >= 0.3 is 0 Å². The lowest BCUT2D eigenvalue weighted by molar-refractivity contribution is -0.121. The summed E-state index contributed by atoms with van der Waals surface area (Å²) in [6.45, 7) is 6.21. The summed E-state index contributed by atoms with van der Waals surface area (Å²) in [5.41, 5.74) is 0.833. The Hall–Kier alpha value is -2.28. The number of carbonyl (C=O) groups is 1. The molecule has 1 amide bonds. The van der Waals surface area contributed by atoms with Crippen molar-refractivity contribution in [2.75, 3.05) is 5.32 Å². The first-order chi connectivity index (χ1) is 8.97. The molecule has 4 nitrogen and oxygen atoms in total. The normalized spacial score (nSPS) is 11.3. The molecule has 4 heteroatoms. The fourth-order valence-corrected chi connectivity index (χ4v) is 1.89. The molecule has 0 aliphatic heterocycles.